The van der Waals surface area contributed by atoms with E-state index in [-0.39, 0.29) is 31.1 Å². The number of piperidine rings is 1. The van der Waals surface area contributed by atoms with Gasteiger partial charge in [0, 0.05) is 13.5 Å². The van der Waals surface area contributed by atoms with Crippen LogP contribution in [0.5, 0.6) is 0 Å². The van der Waals surface area contributed by atoms with Crippen LogP contribution in [0.4, 0.5) is 20.6 Å². The van der Waals surface area contributed by atoms with E-state index >= 15 is 0 Å². The summed E-state index contributed by atoms with van der Waals surface area (Å²) in [7, 11) is 0. The lowest BCUT2D eigenvalue weighted by atomic mass is 9.85. The first kappa shape index (κ1) is 19.4. The highest BCUT2D eigenvalue weighted by atomic mass is 19.1. The predicted molar refractivity (Wildman–Crippen MR) is 101 cm³/mol. The second-order valence-corrected chi connectivity index (χ2v) is 7.50. The predicted octanol–water partition coefficient (Wildman–Crippen LogP) is 2.05. The summed E-state index contributed by atoms with van der Waals surface area (Å²) < 4.78 is 20.1. The van der Waals surface area contributed by atoms with Crippen LogP contribution in [0.1, 0.15) is 27.2 Å². The number of nitrogens with two attached hydrogens (primary N) is 1. The summed E-state index contributed by atoms with van der Waals surface area (Å²) in [4.78, 5) is 26.4. The van der Waals surface area contributed by atoms with Gasteiger partial charge in [-0.05, 0) is 36.5 Å². The van der Waals surface area contributed by atoms with E-state index in [2.05, 4.69) is 19.2 Å². The minimum atomic E-state index is -0.547. The summed E-state index contributed by atoms with van der Waals surface area (Å²) in [5.41, 5.74) is 7.19. The average molecular weight is 378 g/mol. The number of hydrogen-bond donors (Lipinski definition) is 2. The first-order valence-corrected chi connectivity index (χ1v) is 9.32. The van der Waals surface area contributed by atoms with Gasteiger partial charge in [0.2, 0.25) is 5.91 Å². The van der Waals surface area contributed by atoms with Crippen molar-refractivity contribution >= 4 is 23.4 Å². The van der Waals surface area contributed by atoms with Crippen molar-refractivity contribution in [1.29, 1.82) is 0 Å². The molecule has 3 N–H and O–H groups in total. The van der Waals surface area contributed by atoms with Crippen molar-refractivity contribution in [3.63, 3.8) is 0 Å². The van der Waals surface area contributed by atoms with Gasteiger partial charge in [0.05, 0.1) is 30.6 Å². The van der Waals surface area contributed by atoms with E-state index in [9.17, 15) is 14.0 Å². The molecule has 27 heavy (non-hydrogen) atoms. The number of anilines is 2. The van der Waals surface area contributed by atoms with Crippen molar-refractivity contribution in [3.8, 4) is 0 Å². The number of carbonyl (C=O) groups is 2. The first-order chi connectivity index (χ1) is 12.8. The highest BCUT2D eigenvalue weighted by molar-refractivity contribution is 5.90. The Balaban J connectivity index is 1.73. The van der Waals surface area contributed by atoms with Crippen molar-refractivity contribution in [3.05, 3.63) is 24.0 Å². The van der Waals surface area contributed by atoms with Gasteiger partial charge in [0.1, 0.15) is 11.9 Å². The molecule has 0 spiro atoms. The topological polar surface area (TPSA) is 87.9 Å². The fourth-order valence-corrected chi connectivity index (χ4v) is 3.65. The quantitative estimate of drug-likeness (QED) is 0.837. The standard InChI is InChI=1S/C19H27FN4O3/c1-11-6-7-23(18(21)12(11)2)17-5-4-14(8-16(17)20)24-10-15(27-19(24)26)9-22-13(3)25/h4-5,8,11-12,15,18H,6-7,9-10,21H2,1-3H3,(H,22,25). The van der Waals surface area contributed by atoms with Crippen LogP contribution in [-0.2, 0) is 9.53 Å². The summed E-state index contributed by atoms with van der Waals surface area (Å²) in [6.07, 6.45) is -0.288. The van der Waals surface area contributed by atoms with E-state index < -0.39 is 18.0 Å². The lowest BCUT2D eigenvalue weighted by Crippen LogP contribution is -2.53. The van der Waals surface area contributed by atoms with Crippen molar-refractivity contribution in [2.24, 2.45) is 17.6 Å². The monoisotopic (exact) mass is 378 g/mol. The Morgan fingerprint density at radius 1 is 1.41 bits per heavy atom. The fourth-order valence-electron chi connectivity index (χ4n) is 3.65. The largest absolute Gasteiger partial charge is 0.442 e. The molecule has 2 aliphatic heterocycles. The number of rotatable bonds is 4. The maximum absolute atomic E-state index is 14.8. The third-order valence-electron chi connectivity index (χ3n) is 5.63. The van der Waals surface area contributed by atoms with Gasteiger partial charge in [0.15, 0.2) is 0 Å². The molecule has 1 aromatic rings. The minimum Gasteiger partial charge on any atom is -0.442 e. The van der Waals surface area contributed by atoms with Crippen molar-refractivity contribution in [2.75, 3.05) is 29.4 Å². The van der Waals surface area contributed by atoms with E-state index in [4.69, 9.17) is 10.5 Å². The summed E-state index contributed by atoms with van der Waals surface area (Å²) >= 11 is 0. The normalized spacial score (nSPS) is 28.3. The third-order valence-corrected chi connectivity index (χ3v) is 5.63. The van der Waals surface area contributed by atoms with Gasteiger partial charge in [-0.25, -0.2) is 9.18 Å². The van der Waals surface area contributed by atoms with Crippen molar-refractivity contribution < 1.29 is 18.7 Å². The molecule has 1 aromatic carbocycles. The van der Waals surface area contributed by atoms with Gasteiger partial charge in [0.25, 0.3) is 0 Å². The smallest absolute Gasteiger partial charge is 0.414 e. The average Bonchev–Trinajstić information content (AvgIpc) is 2.99. The molecule has 2 heterocycles. The van der Waals surface area contributed by atoms with Gasteiger partial charge in [-0.1, -0.05) is 13.8 Å². The number of carbonyl (C=O) groups excluding carboxylic acids is 2. The van der Waals surface area contributed by atoms with Gasteiger partial charge in [-0.2, -0.15) is 0 Å². The zero-order valence-corrected chi connectivity index (χ0v) is 15.9. The van der Waals surface area contributed by atoms with Crippen LogP contribution in [0.15, 0.2) is 18.2 Å². The molecule has 4 atom stereocenters. The molecule has 0 radical (unpaired) electrons. The molecule has 0 saturated carbocycles. The zero-order valence-electron chi connectivity index (χ0n) is 15.9. The van der Waals surface area contributed by atoms with Crippen molar-refractivity contribution in [1.82, 2.24) is 5.32 Å². The van der Waals surface area contributed by atoms with Crippen LogP contribution in [0.2, 0.25) is 0 Å². The SMILES string of the molecule is CC(=O)NCC1CN(c2ccc(N3CCC(C)C(C)C3N)c(F)c2)C(=O)O1. The summed E-state index contributed by atoms with van der Waals surface area (Å²) in [5, 5.41) is 2.62. The Hall–Kier alpha value is -2.35. The molecule has 3 rings (SSSR count). The van der Waals surface area contributed by atoms with Crippen LogP contribution in [0.25, 0.3) is 0 Å². The fraction of sp³-hybridized carbons (Fsp3) is 0.579. The van der Waals surface area contributed by atoms with E-state index in [1.807, 2.05) is 4.90 Å². The lowest BCUT2D eigenvalue weighted by Gasteiger charge is -2.42. The number of benzene rings is 1. The van der Waals surface area contributed by atoms with Crippen LogP contribution in [-0.4, -0.2) is 43.9 Å². The molecule has 2 saturated heterocycles. The molecule has 2 amide bonds. The first-order valence-electron chi connectivity index (χ1n) is 9.32. The molecule has 0 aromatic heterocycles. The number of ether oxygens (including phenoxy) is 1. The van der Waals surface area contributed by atoms with E-state index in [1.54, 1.807) is 12.1 Å². The Labute approximate surface area is 158 Å². The van der Waals surface area contributed by atoms with Crippen LogP contribution >= 0.6 is 0 Å². The molecule has 2 aliphatic rings. The molecular formula is C19H27FN4O3. The molecular weight excluding hydrogens is 351 g/mol. The van der Waals surface area contributed by atoms with Gasteiger partial charge in [-0.3, -0.25) is 9.69 Å². The molecule has 148 valence electrons. The maximum Gasteiger partial charge on any atom is 0.414 e. The third kappa shape index (κ3) is 4.00. The Morgan fingerprint density at radius 2 is 2.15 bits per heavy atom. The van der Waals surface area contributed by atoms with E-state index in [1.165, 1.54) is 17.9 Å². The van der Waals surface area contributed by atoms with E-state index in [0.717, 1.165) is 6.42 Å². The van der Waals surface area contributed by atoms with Gasteiger partial charge >= 0.3 is 6.09 Å². The molecule has 4 unspecified atom stereocenters. The second-order valence-electron chi connectivity index (χ2n) is 7.50. The number of nitrogens with one attached hydrogen (secondary N) is 1. The molecule has 8 heteroatoms. The van der Waals surface area contributed by atoms with Crippen LogP contribution < -0.4 is 20.9 Å². The highest BCUT2D eigenvalue weighted by Crippen LogP contribution is 2.33. The molecule has 7 nitrogen and oxygen atoms in total. The Bertz CT molecular complexity index is 729. The molecule has 2 fully saturated rings. The summed E-state index contributed by atoms with van der Waals surface area (Å²) in [5.74, 6) is 0.156. The van der Waals surface area contributed by atoms with Crippen molar-refractivity contribution in [2.45, 2.75) is 39.5 Å². The highest BCUT2D eigenvalue weighted by Gasteiger charge is 2.34. The Kier molecular flexibility index (Phi) is 5.55. The number of amides is 2. The number of hydrogen-bond acceptors (Lipinski definition) is 5. The molecule has 0 bridgehead atoms. The number of nitrogens with zero attached hydrogens (tertiary/aromatic N) is 2. The van der Waals surface area contributed by atoms with E-state index in [0.29, 0.717) is 23.8 Å². The summed E-state index contributed by atoms with van der Waals surface area (Å²) in [6, 6.07) is 4.71. The zero-order chi connectivity index (χ0) is 19.7. The van der Waals surface area contributed by atoms with Crippen LogP contribution in [0.3, 0.4) is 0 Å². The van der Waals surface area contributed by atoms with Crippen LogP contribution in [0, 0.1) is 17.7 Å². The summed E-state index contributed by atoms with van der Waals surface area (Å²) in [6.45, 7) is 6.84. The number of cyclic esters (lactones) is 1. The van der Waals surface area contributed by atoms with Gasteiger partial charge < -0.3 is 20.7 Å². The Morgan fingerprint density at radius 3 is 2.81 bits per heavy atom. The van der Waals surface area contributed by atoms with Gasteiger partial charge in [-0.15, -0.1) is 0 Å². The lowest BCUT2D eigenvalue weighted by molar-refractivity contribution is -0.119. The maximum atomic E-state index is 14.8. The minimum absolute atomic E-state index is 0.193. The number of halogens is 1. The molecule has 0 aliphatic carbocycles. The second kappa shape index (κ2) is 7.72.